The lowest BCUT2D eigenvalue weighted by molar-refractivity contribution is 0.362. The van der Waals surface area contributed by atoms with Gasteiger partial charge in [0.1, 0.15) is 0 Å². The molecule has 1 saturated carbocycles. The molecular weight excluding hydrogens is 270 g/mol. The first-order valence-corrected chi connectivity index (χ1v) is 8.72. The number of benzene rings is 1. The molecule has 1 atom stereocenters. The quantitative estimate of drug-likeness (QED) is 0.855. The van der Waals surface area contributed by atoms with Crippen molar-refractivity contribution in [3.8, 4) is 6.07 Å². The van der Waals surface area contributed by atoms with Gasteiger partial charge in [-0.15, -0.1) is 0 Å². The molecule has 0 aliphatic heterocycles. The van der Waals surface area contributed by atoms with Gasteiger partial charge in [-0.25, -0.2) is 8.42 Å². The zero-order valence-electron chi connectivity index (χ0n) is 12.1. The molecule has 0 bridgehead atoms. The molecule has 4 heteroatoms. The van der Waals surface area contributed by atoms with Gasteiger partial charge in [-0.1, -0.05) is 37.0 Å². The molecule has 0 saturated heterocycles. The van der Waals surface area contributed by atoms with Crippen LogP contribution >= 0.6 is 0 Å². The smallest absolute Gasteiger partial charge is 0.195 e. The van der Waals surface area contributed by atoms with E-state index < -0.39 is 15.1 Å². The first-order chi connectivity index (χ1) is 9.46. The number of nitrogens with zero attached hydrogens (tertiary/aromatic N) is 1. The minimum atomic E-state index is -3.56. The summed E-state index contributed by atoms with van der Waals surface area (Å²) >= 11 is 0. The summed E-state index contributed by atoms with van der Waals surface area (Å²) in [5, 5.41) is 8.49. The number of sulfone groups is 1. The second-order valence-electron chi connectivity index (χ2n) is 5.76. The fraction of sp³-hybridized carbons (Fsp3) is 0.562. The van der Waals surface area contributed by atoms with Crippen molar-refractivity contribution in [2.24, 2.45) is 5.92 Å². The largest absolute Gasteiger partial charge is 0.222 e. The van der Waals surface area contributed by atoms with Gasteiger partial charge in [0.25, 0.3) is 0 Å². The Morgan fingerprint density at radius 2 is 1.85 bits per heavy atom. The molecule has 108 valence electrons. The lowest BCUT2D eigenvalue weighted by Crippen LogP contribution is -2.30. The Bertz CT molecular complexity index is 622. The van der Waals surface area contributed by atoms with Gasteiger partial charge < -0.3 is 0 Å². The zero-order valence-corrected chi connectivity index (χ0v) is 12.9. The maximum atomic E-state index is 12.8. The number of nitriles is 1. The van der Waals surface area contributed by atoms with Gasteiger partial charge in [-0.2, -0.15) is 5.26 Å². The molecule has 0 amide bonds. The van der Waals surface area contributed by atoms with Crippen LogP contribution in [0, 0.1) is 31.1 Å². The van der Waals surface area contributed by atoms with Crippen molar-refractivity contribution in [1.29, 1.82) is 5.26 Å². The Hall–Kier alpha value is -1.34. The highest BCUT2D eigenvalue weighted by molar-refractivity contribution is 7.92. The minimum Gasteiger partial charge on any atom is -0.222 e. The van der Waals surface area contributed by atoms with Crippen LogP contribution in [0.4, 0.5) is 0 Å². The van der Waals surface area contributed by atoms with Crippen LogP contribution < -0.4 is 0 Å². The highest BCUT2D eigenvalue weighted by Crippen LogP contribution is 2.33. The monoisotopic (exact) mass is 291 g/mol. The molecule has 3 nitrogen and oxygen atoms in total. The second kappa shape index (κ2) is 5.97. The fourth-order valence-electron chi connectivity index (χ4n) is 3.12. The van der Waals surface area contributed by atoms with Crippen molar-refractivity contribution in [2.75, 3.05) is 0 Å². The van der Waals surface area contributed by atoms with Crippen molar-refractivity contribution in [2.45, 2.75) is 56.1 Å². The summed E-state index contributed by atoms with van der Waals surface area (Å²) in [7, 11) is -3.56. The maximum absolute atomic E-state index is 12.8. The molecule has 1 aromatic rings. The van der Waals surface area contributed by atoms with Crippen LogP contribution in [0.15, 0.2) is 23.1 Å². The van der Waals surface area contributed by atoms with E-state index in [-0.39, 0.29) is 5.92 Å². The maximum Gasteiger partial charge on any atom is 0.195 e. The highest BCUT2D eigenvalue weighted by Gasteiger charge is 2.36. The number of rotatable bonds is 3. The van der Waals surface area contributed by atoms with Crippen LogP contribution in [0.1, 0.15) is 43.2 Å². The third-order valence-electron chi connectivity index (χ3n) is 4.18. The van der Waals surface area contributed by atoms with Crippen molar-refractivity contribution in [3.63, 3.8) is 0 Å². The van der Waals surface area contributed by atoms with Crippen LogP contribution in [-0.4, -0.2) is 13.7 Å². The second-order valence-corrected chi connectivity index (χ2v) is 7.80. The fourth-order valence-corrected chi connectivity index (χ4v) is 5.08. The van der Waals surface area contributed by atoms with Crippen molar-refractivity contribution >= 4 is 9.84 Å². The highest BCUT2D eigenvalue weighted by atomic mass is 32.2. The first kappa shape index (κ1) is 15.1. The van der Waals surface area contributed by atoms with E-state index in [0.29, 0.717) is 4.90 Å². The molecule has 0 aromatic heterocycles. The normalized spacial score (nSPS) is 18.4. The molecule has 1 unspecified atom stereocenters. The summed E-state index contributed by atoms with van der Waals surface area (Å²) in [5.41, 5.74) is 1.77. The Morgan fingerprint density at radius 3 is 2.40 bits per heavy atom. The number of aryl methyl sites for hydroxylation is 2. The molecule has 2 rings (SSSR count). The van der Waals surface area contributed by atoms with Crippen molar-refractivity contribution in [3.05, 3.63) is 29.3 Å². The van der Waals surface area contributed by atoms with Gasteiger partial charge in [0.15, 0.2) is 15.1 Å². The molecule has 20 heavy (non-hydrogen) atoms. The van der Waals surface area contributed by atoms with E-state index in [9.17, 15) is 13.7 Å². The predicted molar refractivity (Wildman–Crippen MR) is 79.1 cm³/mol. The van der Waals surface area contributed by atoms with Crippen LogP contribution in [0.25, 0.3) is 0 Å². The van der Waals surface area contributed by atoms with Crippen LogP contribution in [-0.2, 0) is 9.84 Å². The van der Waals surface area contributed by atoms with Crippen molar-refractivity contribution < 1.29 is 8.42 Å². The van der Waals surface area contributed by atoms with E-state index >= 15 is 0 Å². The van der Waals surface area contributed by atoms with E-state index in [1.54, 1.807) is 19.1 Å². The molecule has 0 radical (unpaired) electrons. The Morgan fingerprint density at radius 1 is 1.20 bits per heavy atom. The summed E-state index contributed by atoms with van der Waals surface area (Å²) in [6, 6.07) is 7.37. The van der Waals surface area contributed by atoms with Gasteiger partial charge in [0.2, 0.25) is 0 Å². The summed E-state index contributed by atoms with van der Waals surface area (Å²) in [6.45, 7) is 3.74. The first-order valence-electron chi connectivity index (χ1n) is 7.17. The van der Waals surface area contributed by atoms with E-state index in [1.165, 1.54) is 0 Å². The molecule has 1 fully saturated rings. The Labute approximate surface area is 121 Å². The minimum absolute atomic E-state index is 0.0144. The predicted octanol–water partition coefficient (Wildman–Crippen LogP) is 3.55. The molecule has 0 N–H and O–H groups in total. The van der Waals surface area contributed by atoms with Gasteiger partial charge in [-0.05, 0) is 44.2 Å². The Kier molecular flexibility index (Phi) is 4.49. The zero-order chi connectivity index (χ0) is 14.8. The summed E-state index contributed by atoms with van der Waals surface area (Å²) < 4.78 is 25.5. The third-order valence-corrected chi connectivity index (χ3v) is 6.41. The number of hydrogen-bond donors (Lipinski definition) is 0. The lowest BCUT2D eigenvalue weighted by atomic mass is 9.87. The molecule has 1 aliphatic carbocycles. The third kappa shape index (κ3) is 2.88. The lowest BCUT2D eigenvalue weighted by Gasteiger charge is -2.26. The summed E-state index contributed by atoms with van der Waals surface area (Å²) in [6.07, 6.45) is 4.92. The topological polar surface area (TPSA) is 57.9 Å². The van der Waals surface area contributed by atoms with Gasteiger partial charge in [0.05, 0.1) is 11.0 Å². The average molecular weight is 291 g/mol. The molecule has 0 spiro atoms. The van der Waals surface area contributed by atoms with E-state index in [4.69, 9.17) is 0 Å². The van der Waals surface area contributed by atoms with Gasteiger partial charge in [-0.3, -0.25) is 0 Å². The van der Waals surface area contributed by atoms with Crippen LogP contribution in [0.3, 0.4) is 0 Å². The standard InChI is InChI=1S/C16H21NO2S/c1-12-8-9-15(13(2)10-12)20(18,19)16(11-17)14-6-4-3-5-7-14/h8-10,14,16H,3-7H2,1-2H3. The molecule has 1 aromatic carbocycles. The van der Waals surface area contributed by atoms with E-state index in [0.717, 1.165) is 43.2 Å². The summed E-state index contributed by atoms with van der Waals surface area (Å²) in [4.78, 5) is 0.320. The molecular formula is C16H21NO2S. The van der Waals surface area contributed by atoms with Crippen LogP contribution in [0.2, 0.25) is 0 Å². The van der Waals surface area contributed by atoms with E-state index in [1.807, 2.05) is 13.0 Å². The van der Waals surface area contributed by atoms with Crippen molar-refractivity contribution in [1.82, 2.24) is 0 Å². The number of hydrogen-bond acceptors (Lipinski definition) is 3. The molecule has 1 aliphatic rings. The van der Waals surface area contributed by atoms with Crippen LogP contribution in [0.5, 0.6) is 0 Å². The van der Waals surface area contributed by atoms with E-state index in [2.05, 4.69) is 6.07 Å². The molecule has 0 heterocycles. The Balaban J connectivity index is 2.39. The summed E-state index contributed by atoms with van der Waals surface area (Å²) in [5.74, 6) is -0.0144. The average Bonchev–Trinajstić information content (AvgIpc) is 2.40. The van der Waals surface area contributed by atoms with Gasteiger partial charge >= 0.3 is 0 Å². The SMILES string of the molecule is Cc1ccc(S(=O)(=O)C(C#N)C2CCCCC2)c(C)c1. The van der Waals surface area contributed by atoms with Gasteiger partial charge in [0, 0.05) is 0 Å².